The molecule has 2 N–H and O–H groups in total. The van der Waals surface area contributed by atoms with E-state index in [9.17, 15) is 9.59 Å². The van der Waals surface area contributed by atoms with Gasteiger partial charge in [0, 0.05) is 38.2 Å². The predicted molar refractivity (Wildman–Crippen MR) is 62.9 cm³/mol. The summed E-state index contributed by atoms with van der Waals surface area (Å²) in [6.45, 7) is 2.12. The number of aromatic amines is 1. The summed E-state index contributed by atoms with van der Waals surface area (Å²) in [5.74, 6) is 0.147. The summed E-state index contributed by atoms with van der Waals surface area (Å²) in [5.41, 5.74) is -0.0900. The summed E-state index contributed by atoms with van der Waals surface area (Å²) >= 11 is 0. The van der Waals surface area contributed by atoms with Crippen molar-refractivity contribution in [2.45, 2.75) is 12.8 Å². The number of nitrogens with one attached hydrogen (secondary N) is 2. The first-order chi connectivity index (χ1) is 8.27. The minimum Gasteiger partial charge on any atom is -0.381 e. The van der Waals surface area contributed by atoms with E-state index in [1.165, 1.54) is 18.5 Å². The summed E-state index contributed by atoms with van der Waals surface area (Å²) < 4.78 is 5.24. The molecule has 0 saturated carbocycles. The van der Waals surface area contributed by atoms with Crippen molar-refractivity contribution < 1.29 is 9.53 Å². The highest BCUT2D eigenvalue weighted by Gasteiger charge is 2.16. The Labute approximate surface area is 99.2 Å². The van der Waals surface area contributed by atoms with E-state index in [2.05, 4.69) is 10.3 Å². The molecule has 0 aliphatic carbocycles. The number of H-pyrrole nitrogens is 1. The van der Waals surface area contributed by atoms with Gasteiger partial charge in [0.2, 0.25) is 0 Å². The Morgan fingerprint density at radius 1 is 1.47 bits per heavy atom. The number of ether oxygens (including phenoxy) is 1. The number of carbonyl (C=O) groups is 1. The quantitative estimate of drug-likeness (QED) is 0.804. The fourth-order valence-corrected chi connectivity index (χ4v) is 1.88. The number of hydrogen-bond acceptors (Lipinski definition) is 3. The van der Waals surface area contributed by atoms with E-state index in [0.717, 1.165) is 26.1 Å². The van der Waals surface area contributed by atoms with Crippen LogP contribution in [0.5, 0.6) is 0 Å². The number of amides is 1. The van der Waals surface area contributed by atoms with Gasteiger partial charge in [0.05, 0.1) is 0 Å². The van der Waals surface area contributed by atoms with Gasteiger partial charge in [-0.2, -0.15) is 0 Å². The van der Waals surface area contributed by atoms with Gasteiger partial charge in [-0.25, -0.2) is 0 Å². The van der Waals surface area contributed by atoms with Gasteiger partial charge in [-0.15, -0.1) is 0 Å². The summed E-state index contributed by atoms with van der Waals surface area (Å²) in [5, 5.41) is 2.80. The average molecular weight is 236 g/mol. The summed E-state index contributed by atoms with van der Waals surface area (Å²) in [4.78, 5) is 25.9. The van der Waals surface area contributed by atoms with Crippen LogP contribution in [0, 0.1) is 5.92 Å². The molecule has 1 aliphatic heterocycles. The van der Waals surface area contributed by atoms with E-state index in [4.69, 9.17) is 4.74 Å². The highest BCUT2D eigenvalue weighted by molar-refractivity contribution is 5.93. The van der Waals surface area contributed by atoms with Crippen LogP contribution >= 0.6 is 0 Å². The first-order valence-electron chi connectivity index (χ1n) is 5.80. The number of hydrogen-bond donors (Lipinski definition) is 2. The SMILES string of the molecule is O=C(NCC1CCOCC1)c1c[nH]ccc1=O. The zero-order valence-electron chi connectivity index (χ0n) is 9.57. The predicted octanol–water partition coefficient (Wildman–Crippen LogP) is 0.531. The van der Waals surface area contributed by atoms with Crippen LogP contribution in [0.1, 0.15) is 23.2 Å². The first-order valence-corrected chi connectivity index (χ1v) is 5.80. The Bertz CT molecular complexity index is 435. The van der Waals surface area contributed by atoms with Crippen molar-refractivity contribution >= 4 is 5.91 Å². The fourth-order valence-electron chi connectivity index (χ4n) is 1.88. The van der Waals surface area contributed by atoms with Crippen LogP contribution in [0.25, 0.3) is 0 Å². The van der Waals surface area contributed by atoms with Gasteiger partial charge in [-0.3, -0.25) is 9.59 Å². The lowest BCUT2D eigenvalue weighted by Gasteiger charge is -2.22. The smallest absolute Gasteiger partial charge is 0.256 e. The third-order valence-corrected chi connectivity index (χ3v) is 2.96. The molecule has 5 nitrogen and oxygen atoms in total. The van der Waals surface area contributed by atoms with Gasteiger partial charge >= 0.3 is 0 Å². The second-order valence-corrected chi connectivity index (χ2v) is 4.19. The molecule has 0 unspecified atom stereocenters. The number of rotatable bonds is 3. The maximum atomic E-state index is 11.7. The number of carbonyl (C=O) groups excluding carboxylic acids is 1. The maximum Gasteiger partial charge on any atom is 0.256 e. The molecule has 92 valence electrons. The van der Waals surface area contributed by atoms with Crippen molar-refractivity contribution in [1.29, 1.82) is 0 Å². The molecule has 5 heteroatoms. The Balaban J connectivity index is 1.89. The Kier molecular flexibility index (Phi) is 3.93. The van der Waals surface area contributed by atoms with Crippen molar-refractivity contribution in [2.75, 3.05) is 19.8 Å². The molecule has 0 radical (unpaired) electrons. The van der Waals surface area contributed by atoms with Crippen molar-refractivity contribution in [1.82, 2.24) is 10.3 Å². The second-order valence-electron chi connectivity index (χ2n) is 4.19. The monoisotopic (exact) mass is 236 g/mol. The maximum absolute atomic E-state index is 11.7. The van der Waals surface area contributed by atoms with Gasteiger partial charge in [0.15, 0.2) is 5.43 Å². The van der Waals surface area contributed by atoms with Crippen LogP contribution in [-0.2, 0) is 4.74 Å². The van der Waals surface area contributed by atoms with Crippen molar-refractivity contribution in [3.8, 4) is 0 Å². The Morgan fingerprint density at radius 3 is 2.94 bits per heavy atom. The number of pyridine rings is 1. The lowest BCUT2D eigenvalue weighted by atomic mass is 10.0. The number of aromatic nitrogens is 1. The Hall–Kier alpha value is -1.62. The summed E-state index contributed by atoms with van der Waals surface area (Å²) in [6.07, 6.45) is 4.87. The molecule has 17 heavy (non-hydrogen) atoms. The summed E-state index contributed by atoms with van der Waals surface area (Å²) in [6, 6.07) is 1.35. The highest BCUT2D eigenvalue weighted by Crippen LogP contribution is 2.13. The minimum absolute atomic E-state index is 0.166. The molecule has 2 rings (SSSR count). The molecule has 2 heterocycles. The van der Waals surface area contributed by atoms with Crippen molar-refractivity contribution in [2.24, 2.45) is 5.92 Å². The van der Waals surface area contributed by atoms with E-state index in [-0.39, 0.29) is 16.9 Å². The molecule has 1 aromatic heterocycles. The van der Waals surface area contributed by atoms with Crippen LogP contribution in [0.3, 0.4) is 0 Å². The Morgan fingerprint density at radius 2 is 2.24 bits per heavy atom. The van der Waals surface area contributed by atoms with E-state index < -0.39 is 0 Å². The molecule has 1 amide bonds. The topological polar surface area (TPSA) is 71.2 Å². The van der Waals surface area contributed by atoms with Gasteiger partial charge in [0.1, 0.15) is 5.56 Å². The minimum atomic E-state index is -0.307. The fraction of sp³-hybridized carbons (Fsp3) is 0.500. The molecule has 1 aliphatic rings. The molecule has 0 atom stereocenters. The summed E-state index contributed by atoms with van der Waals surface area (Å²) in [7, 11) is 0. The molecule has 0 spiro atoms. The average Bonchev–Trinajstić information content (AvgIpc) is 2.38. The largest absolute Gasteiger partial charge is 0.381 e. The third-order valence-electron chi connectivity index (χ3n) is 2.96. The van der Waals surface area contributed by atoms with E-state index in [0.29, 0.717) is 12.5 Å². The van der Waals surface area contributed by atoms with Crippen LogP contribution in [0.2, 0.25) is 0 Å². The molecule has 1 aromatic rings. The molecular weight excluding hydrogens is 220 g/mol. The molecule has 1 saturated heterocycles. The lowest BCUT2D eigenvalue weighted by molar-refractivity contribution is 0.0642. The molecule has 0 aromatic carbocycles. The van der Waals surface area contributed by atoms with Crippen LogP contribution in [0.4, 0.5) is 0 Å². The van der Waals surface area contributed by atoms with Gasteiger partial charge in [-0.1, -0.05) is 0 Å². The zero-order valence-corrected chi connectivity index (χ0v) is 9.57. The first kappa shape index (κ1) is 11.9. The van der Waals surface area contributed by atoms with E-state index in [1.54, 1.807) is 0 Å². The lowest BCUT2D eigenvalue weighted by Crippen LogP contribution is -2.34. The van der Waals surface area contributed by atoms with E-state index >= 15 is 0 Å². The van der Waals surface area contributed by atoms with Gasteiger partial charge < -0.3 is 15.0 Å². The molecule has 1 fully saturated rings. The molecule has 0 bridgehead atoms. The van der Waals surface area contributed by atoms with Gasteiger partial charge in [-0.05, 0) is 18.8 Å². The van der Waals surface area contributed by atoms with Crippen molar-refractivity contribution in [3.63, 3.8) is 0 Å². The molecular formula is C12H16N2O3. The van der Waals surface area contributed by atoms with Crippen LogP contribution in [-0.4, -0.2) is 30.6 Å². The third kappa shape index (κ3) is 3.17. The van der Waals surface area contributed by atoms with Crippen molar-refractivity contribution in [3.05, 3.63) is 34.2 Å². The van der Waals surface area contributed by atoms with Crippen LogP contribution in [0.15, 0.2) is 23.3 Å². The normalized spacial score (nSPS) is 16.7. The van der Waals surface area contributed by atoms with E-state index in [1.807, 2.05) is 0 Å². The van der Waals surface area contributed by atoms with Gasteiger partial charge in [0.25, 0.3) is 5.91 Å². The highest BCUT2D eigenvalue weighted by atomic mass is 16.5. The van der Waals surface area contributed by atoms with Crippen LogP contribution < -0.4 is 10.7 Å². The zero-order chi connectivity index (χ0) is 12.1. The second kappa shape index (κ2) is 5.63. The standard InChI is InChI=1S/C12H16N2O3/c15-11-1-4-13-8-10(11)12(16)14-7-9-2-5-17-6-3-9/h1,4,8-9H,2-3,5-7H2,(H,13,15)(H,14,16).